The minimum Gasteiger partial charge on any atom is -0.489 e. The molecule has 0 N–H and O–H groups in total. The largest absolute Gasteiger partial charge is 0.489 e. The van der Waals surface area contributed by atoms with E-state index < -0.39 is 9.84 Å². The van der Waals surface area contributed by atoms with Crippen LogP contribution >= 0.6 is 11.8 Å². The number of benzene rings is 3. The van der Waals surface area contributed by atoms with Crippen LogP contribution in [0.25, 0.3) is 0 Å². The second kappa shape index (κ2) is 10.3. The number of ether oxygens (including phenoxy) is 1. The van der Waals surface area contributed by atoms with Crippen LogP contribution in [0, 0.1) is 0 Å². The monoisotopic (exact) mass is 506 g/mol. The third kappa shape index (κ3) is 5.77. The lowest BCUT2D eigenvalue weighted by atomic mass is 10.1. The highest BCUT2D eigenvalue weighted by atomic mass is 32.2. The Morgan fingerprint density at radius 1 is 0.914 bits per heavy atom. The third-order valence-corrected chi connectivity index (χ3v) is 9.33. The Hall–Kier alpha value is -3.10. The summed E-state index contributed by atoms with van der Waals surface area (Å²) in [5.41, 5.74) is 2.98. The van der Waals surface area contributed by atoms with Crippen LogP contribution in [0.5, 0.6) is 5.75 Å². The number of thioether (sulfide) groups is 1. The van der Waals surface area contributed by atoms with Gasteiger partial charge in [0.2, 0.25) is 5.91 Å². The van der Waals surface area contributed by atoms with Crippen molar-refractivity contribution >= 4 is 38.4 Å². The second-order valence-corrected chi connectivity index (χ2v) is 12.1. The smallest absolute Gasteiger partial charge is 0.248 e. The summed E-state index contributed by atoms with van der Waals surface area (Å²) < 4.78 is 30.5. The van der Waals surface area contributed by atoms with Gasteiger partial charge in [-0.25, -0.2) is 8.42 Å². The minimum absolute atomic E-state index is 0.0636. The third-order valence-electron chi connectivity index (χ3n) is 6.12. The average molecular weight is 507 g/mol. The van der Waals surface area contributed by atoms with Crippen molar-refractivity contribution in [3.05, 3.63) is 96.1 Å². The lowest BCUT2D eigenvalue weighted by Crippen LogP contribution is -2.37. The first-order chi connectivity index (χ1) is 17.0. The molecule has 2 heterocycles. The standard InChI is InChI=1S/C27H26N2O4S2/c30-26(16-11-20-7-3-1-4-8-20)28-27-29(24-18-35(31,32)19-25(24)34-27)22-12-14-23(15-13-22)33-17-21-9-5-2-6-10-21/h1-10,12-15,24-25H,11,16-19H2/t24-,25-/m0/s1. The first-order valence-corrected chi connectivity index (χ1v) is 14.3. The van der Waals surface area contributed by atoms with Gasteiger partial charge in [0.05, 0.1) is 17.5 Å². The second-order valence-electron chi connectivity index (χ2n) is 8.71. The molecule has 0 radical (unpaired) electrons. The summed E-state index contributed by atoms with van der Waals surface area (Å²) in [4.78, 5) is 19.0. The van der Waals surface area contributed by atoms with E-state index in [1.807, 2.05) is 89.8 Å². The number of amidine groups is 1. The van der Waals surface area contributed by atoms with Crippen LogP contribution in [0.15, 0.2) is 89.9 Å². The van der Waals surface area contributed by atoms with E-state index in [1.165, 1.54) is 11.8 Å². The van der Waals surface area contributed by atoms with Gasteiger partial charge in [-0.2, -0.15) is 4.99 Å². The molecule has 2 atom stereocenters. The first-order valence-electron chi connectivity index (χ1n) is 11.6. The van der Waals surface area contributed by atoms with E-state index in [1.54, 1.807) is 0 Å². The van der Waals surface area contributed by atoms with Crippen molar-refractivity contribution in [1.29, 1.82) is 0 Å². The number of carbonyl (C=O) groups is 1. The van der Waals surface area contributed by atoms with Gasteiger partial charge >= 0.3 is 0 Å². The number of nitrogens with zero attached hydrogens (tertiary/aromatic N) is 2. The molecular weight excluding hydrogens is 480 g/mol. The zero-order valence-electron chi connectivity index (χ0n) is 19.1. The predicted molar refractivity (Wildman–Crippen MR) is 141 cm³/mol. The lowest BCUT2D eigenvalue weighted by Gasteiger charge is -2.24. The summed E-state index contributed by atoms with van der Waals surface area (Å²) in [6.45, 7) is 0.464. The van der Waals surface area contributed by atoms with Crippen molar-refractivity contribution in [3.8, 4) is 5.75 Å². The number of carbonyl (C=O) groups excluding carboxylic acids is 1. The summed E-state index contributed by atoms with van der Waals surface area (Å²) in [6, 6.07) is 27.1. The van der Waals surface area contributed by atoms with Gasteiger partial charge in [-0.05, 0) is 41.8 Å². The number of aliphatic imine (C=N–C) groups is 1. The van der Waals surface area contributed by atoms with Gasteiger partial charge in [0.1, 0.15) is 12.4 Å². The maximum Gasteiger partial charge on any atom is 0.248 e. The summed E-state index contributed by atoms with van der Waals surface area (Å²) in [5, 5.41) is 0.445. The molecule has 2 aliphatic rings. The molecule has 1 amide bonds. The Kier molecular flexibility index (Phi) is 6.92. The Labute approximate surface area is 209 Å². The molecule has 0 bridgehead atoms. The van der Waals surface area contributed by atoms with Crippen LogP contribution in [0.2, 0.25) is 0 Å². The van der Waals surface area contributed by atoms with E-state index >= 15 is 0 Å². The van der Waals surface area contributed by atoms with E-state index in [0.717, 1.165) is 22.6 Å². The fourth-order valence-electron chi connectivity index (χ4n) is 4.37. The highest BCUT2D eigenvalue weighted by molar-refractivity contribution is 8.16. The lowest BCUT2D eigenvalue weighted by molar-refractivity contribution is -0.117. The van der Waals surface area contributed by atoms with Crippen LogP contribution in [-0.4, -0.2) is 42.3 Å². The van der Waals surface area contributed by atoms with E-state index in [-0.39, 0.29) is 28.7 Å². The predicted octanol–water partition coefficient (Wildman–Crippen LogP) is 4.50. The topological polar surface area (TPSA) is 76.0 Å². The molecule has 8 heteroatoms. The van der Waals surface area contributed by atoms with Gasteiger partial charge in [0.25, 0.3) is 0 Å². The van der Waals surface area contributed by atoms with E-state index in [4.69, 9.17) is 4.74 Å². The molecule has 0 spiro atoms. The molecule has 3 aromatic rings. The van der Waals surface area contributed by atoms with Crippen LogP contribution in [0.3, 0.4) is 0 Å². The number of sulfone groups is 1. The molecule has 0 aliphatic carbocycles. The number of fused-ring (bicyclic) bond motifs is 1. The number of amides is 1. The highest BCUT2D eigenvalue weighted by Crippen LogP contribution is 2.41. The number of anilines is 1. The average Bonchev–Trinajstić information content (AvgIpc) is 3.33. The Bertz CT molecular complexity index is 1310. The van der Waals surface area contributed by atoms with Crippen LogP contribution in [0.1, 0.15) is 17.5 Å². The molecule has 180 valence electrons. The maximum atomic E-state index is 12.7. The van der Waals surface area contributed by atoms with Gasteiger partial charge in [-0.15, -0.1) is 0 Å². The van der Waals surface area contributed by atoms with Gasteiger partial charge in [-0.3, -0.25) is 4.79 Å². The number of aryl methyl sites for hydroxylation is 1. The zero-order valence-corrected chi connectivity index (χ0v) is 20.8. The summed E-state index contributed by atoms with van der Waals surface area (Å²) in [6.07, 6.45) is 0.928. The molecule has 2 saturated heterocycles. The van der Waals surface area contributed by atoms with E-state index in [2.05, 4.69) is 4.99 Å². The van der Waals surface area contributed by atoms with E-state index in [9.17, 15) is 13.2 Å². The van der Waals surface area contributed by atoms with Crippen LogP contribution < -0.4 is 9.64 Å². The molecule has 5 rings (SSSR count). The van der Waals surface area contributed by atoms with Crippen molar-refractivity contribution < 1.29 is 17.9 Å². The SMILES string of the molecule is O=C(CCc1ccccc1)N=C1S[C@H]2CS(=O)(=O)C[C@@H]2N1c1ccc(OCc2ccccc2)cc1. The molecule has 0 saturated carbocycles. The highest BCUT2D eigenvalue weighted by Gasteiger charge is 2.49. The van der Waals surface area contributed by atoms with Crippen molar-refractivity contribution in [1.82, 2.24) is 0 Å². The number of hydrogen-bond donors (Lipinski definition) is 0. The summed E-state index contributed by atoms with van der Waals surface area (Å²) >= 11 is 1.39. The molecule has 0 aromatic heterocycles. The quantitative estimate of drug-likeness (QED) is 0.470. The molecule has 2 aliphatic heterocycles. The van der Waals surface area contributed by atoms with Crippen molar-refractivity contribution in [2.75, 3.05) is 16.4 Å². The molecule has 0 unspecified atom stereocenters. The normalized spacial score (nSPS) is 21.7. The van der Waals surface area contributed by atoms with Crippen molar-refractivity contribution in [2.45, 2.75) is 30.7 Å². The van der Waals surface area contributed by atoms with Gasteiger partial charge in [0.15, 0.2) is 15.0 Å². The van der Waals surface area contributed by atoms with Gasteiger partial charge in [0, 0.05) is 17.4 Å². The summed E-state index contributed by atoms with van der Waals surface area (Å²) in [5.74, 6) is 0.687. The Morgan fingerprint density at radius 3 is 2.26 bits per heavy atom. The molecule has 2 fully saturated rings. The van der Waals surface area contributed by atoms with Crippen molar-refractivity contribution in [2.24, 2.45) is 4.99 Å². The molecule has 3 aromatic carbocycles. The van der Waals surface area contributed by atoms with Crippen LogP contribution in [0.4, 0.5) is 5.69 Å². The maximum absolute atomic E-state index is 12.7. The fraction of sp³-hybridized carbons (Fsp3) is 0.259. The Balaban J connectivity index is 1.32. The van der Waals surface area contributed by atoms with Crippen LogP contribution in [-0.2, 0) is 27.7 Å². The zero-order chi connectivity index (χ0) is 24.3. The molecular formula is C27H26N2O4S2. The van der Waals surface area contributed by atoms with E-state index in [0.29, 0.717) is 24.6 Å². The molecule has 6 nitrogen and oxygen atoms in total. The fourth-order valence-corrected chi connectivity index (χ4v) is 8.30. The first kappa shape index (κ1) is 23.6. The Morgan fingerprint density at radius 2 is 1.57 bits per heavy atom. The molecule has 35 heavy (non-hydrogen) atoms. The van der Waals surface area contributed by atoms with Gasteiger partial charge in [-0.1, -0.05) is 72.4 Å². The summed E-state index contributed by atoms with van der Waals surface area (Å²) in [7, 11) is -3.12. The van der Waals surface area contributed by atoms with Crippen molar-refractivity contribution in [3.63, 3.8) is 0 Å². The number of rotatable bonds is 7. The number of hydrogen-bond acceptors (Lipinski definition) is 5. The minimum atomic E-state index is -3.12. The van der Waals surface area contributed by atoms with Gasteiger partial charge < -0.3 is 9.64 Å².